The van der Waals surface area contributed by atoms with Crippen molar-refractivity contribution in [3.05, 3.63) is 0 Å². The number of urea groups is 1. The Hall–Kier alpha value is -0.710. The number of nitrogens with one attached hydrogen (secondary N) is 1. The monoisotopic (exact) mass is 174 g/mol. The highest BCUT2D eigenvalue weighted by Crippen LogP contribution is 2.08. The fourth-order valence-electron chi connectivity index (χ4n) is 0.940. The Morgan fingerprint density at radius 3 is 2.64 bits per heavy atom. The van der Waals surface area contributed by atoms with Gasteiger partial charge >= 0.3 is 6.03 Å². The van der Waals surface area contributed by atoms with Gasteiger partial charge in [0, 0.05) is 6.54 Å². The smallest absolute Gasteiger partial charge is 0.317 e. The van der Waals surface area contributed by atoms with Crippen molar-refractivity contribution in [2.45, 2.75) is 18.7 Å². The lowest BCUT2D eigenvalue weighted by Gasteiger charge is -2.09. The van der Waals surface area contributed by atoms with Gasteiger partial charge in [-0.3, -0.25) is 9.69 Å². The third-order valence-corrected chi connectivity index (χ3v) is 1.80. The van der Waals surface area contributed by atoms with Gasteiger partial charge in [-0.2, -0.15) is 0 Å². The lowest BCUT2D eigenvalue weighted by Crippen LogP contribution is -2.31. The van der Waals surface area contributed by atoms with E-state index < -0.39 is 5.37 Å². The second-order valence-corrected chi connectivity index (χ2v) is 2.86. The van der Waals surface area contributed by atoms with Crippen molar-refractivity contribution in [3.8, 4) is 0 Å². The fraction of sp³-hybridized carbons (Fsp3) is 0.667. The number of nitrogens with zero attached hydrogens (tertiary/aromatic N) is 1. The zero-order valence-electron chi connectivity index (χ0n) is 6.20. The van der Waals surface area contributed by atoms with Gasteiger partial charge in [-0.15, -0.1) is 12.6 Å². The predicted molar refractivity (Wildman–Crippen MR) is 43.3 cm³/mol. The molecule has 0 aromatic rings. The van der Waals surface area contributed by atoms with Gasteiger partial charge in [0.05, 0.1) is 0 Å². The molecule has 1 heterocycles. The van der Waals surface area contributed by atoms with Crippen molar-refractivity contribution in [1.29, 1.82) is 0 Å². The quantitative estimate of drug-likeness (QED) is 0.464. The SMILES string of the molecule is CCCN1C(=O)NC(S)C1=O. The molecule has 1 aliphatic rings. The molecule has 0 aromatic carbocycles. The Labute approximate surface area is 70.3 Å². The van der Waals surface area contributed by atoms with E-state index in [0.29, 0.717) is 6.54 Å². The highest BCUT2D eigenvalue weighted by molar-refractivity contribution is 7.81. The summed E-state index contributed by atoms with van der Waals surface area (Å²) in [7, 11) is 0. The summed E-state index contributed by atoms with van der Waals surface area (Å²) in [6, 6.07) is -0.336. The standard InChI is InChI=1S/C6H10N2O2S/c1-2-3-8-5(9)4(11)7-6(8)10/h4,11H,2-3H2,1H3,(H,7,10). The number of hydrogen-bond acceptors (Lipinski definition) is 3. The number of hydrogen-bond donors (Lipinski definition) is 2. The first-order valence-corrected chi connectivity index (χ1v) is 3.98. The van der Waals surface area contributed by atoms with Gasteiger partial charge in [0.15, 0.2) is 5.37 Å². The highest BCUT2D eigenvalue weighted by Gasteiger charge is 2.34. The number of amides is 3. The first kappa shape index (κ1) is 8.39. The van der Waals surface area contributed by atoms with Crippen molar-refractivity contribution in [3.63, 3.8) is 0 Å². The molecule has 1 fully saturated rings. The van der Waals surface area contributed by atoms with Gasteiger partial charge in [-0.05, 0) is 6.42 Å². The van der Waals surface area contributed by atoms with Crippen LogP contribution in [0.15, 0.2) is 0 Å². The van der Waals surface area contributed by atoms with Crippen molar-refractivity contribution >= 4 is 24.6 Å². The van der Waals surface area contributed by atoms with E-state index in [4.69, 9.17) is 0 Å². The molecule has 1 aliphatic heterocycles. The van der Waals surface area contributed by atoms with E-state index in [9.17, 15) is 9.59 Å². The summed E-state index contributed by atoms with van der Waals surface area (Å²) in [4.78, 5) is 23.2. The van der Waals surface area contributed by atoms with Gasteiger partial charge in [0.2, 0.25) is 0 Å². The Balaban J connectivity index is 2.64. The molecule has 0 radical (unpaired) electrons. The third kappa shape index (κ3) is 1.48. The van der Waals surface area contributed by atoms with E-state index in [1.807, 2.05) is 6.92 Å². The maximum Gasteiger partial charge on any atom is 0.325 e. The predicted octanol–water partition coefficient (Wildman–Crippen LogP) is 0.204. The van der Waals surface area contributed by atoms with Crippen LogP contribution in [0.25, 0.3) is 0 Å². The first-order chi connectivity index (χ1) is 5.16. The summed E-state index contributed by atoms with van der Waals surface area (Å²) in [5.74, 6) is -0.250. The molecule has 1 rings (SSSR count). The molecule has 4 nitrogen and oxygen atoms in total. The summed E-state index contributed by atoms with van der Waals surface area (Å²) in [5, 5.41) is 1.76. The van der Waals surface area contributed by atoms with Gasteiger partial charge in [-0.25, -0.2) is 4.79 Å². The molecule has 62 valence electrons. The normalized spacial score (nSPS) is 24.2. The molecule has 0 bridgehead atoms. The van der Waals surface area contributed by atoms with Gasteiger partial charge in [0.25, 0.3) is 5.91 Å². The van der Waals surface area contributed by atoms with Crippen LogP contribution in [0.2, 0.25) is 0 Å². The van der Waals surface area contributed by atoms with E-state index in [0.717, 1.165) is 6.42 Å². The van der Waals surface area contributed by atoms with E-state index in [2.05, 4.69) is 17.9 Å². The van der Waals surface area contributed by atoms with Crippen molar-refractivity contribution in [2.75, 3.05) is 6.54 Å². The highest BCUT2D eigenvalue weighted by atomic mass is 32.1. The van der Waals surface area contributed by atoms with Crippen LogP contribution in [0.5, 0.6) is 0 Å². The summed E-state index contributed by atoms with van der Waals surface area (Å²) in [6.45, 7) is 2.38. The van der Waals surface area contributed by atoms with Crippen LogP contribution in [-0.4, -0.2) is 28.8 Å². The number of thiol groups is 1. The molecular formula is C6H10N2O2S. The fourth-order valence-corrected chi connectivity index (χ4v) is 1.19. The van der Waals surface area contributed by atoms with Crippen LogP contribution in [0.4, 0.5) is 4.79 Å². The number of carbonyl (C=O) groups excluding carboxylic acids is 2. The van der Waals surface area contributed by atoms with E-state index in [1.54, 1.807) is 0 Å². The van der Waals surface area contributed by atoms with Crippen LogP contribution in [-0.2, 0) is 4.79 Å². The summed E-state index contributed by atoms with van der Waals surface area (Å²) < 4.78 is 0. The Morgan fingerprint density at radius 1 is 1.64 bits per heavy atom. The average Bonchev–Trinajstić information content (AvgIpc) is 2.17. The molecule has 0 aliphatic carbocycles. The Bertz CT molecular complexity index is 195. The maximum atomic E-state index is 11.1. The van der Waals surface area contributed by atoms with Crippen molar-refractivity contribution in [1.82, 2.24) is 10.2 Å². The molecular weight excluding hydrogens is 164 g/mol. The number of carbonyl (C=O) groups is 2. The van der Waals surface area contributed by atoms with Crippen LogP contribution in [0, 0.1) is 0 Å². The molecule has 1 atom stereocenters. The van der Waals surface area contributed by atoms with E-state index >= 15 is 0 Å². The maximum absolute atomic E-state index is 11.1. The Morgan fingerprint density at radius 2 is 2.27 bits per heavy atom. The molecule has 5 heteroatoms. The third-order valence-electron chi connectivity index (χ3n) is 1.45. The second-order valence-electron chi connectivity index (χ2n) is 2.34. The van der Waals surface area contributed by atoms with Gasteiger partial charge in [0.1, 0.15) is 0 Å². The number of rotatable bonds is 2. The van der Waals surface area contributed by atoms with Crippen LogP contribution < -0.4 is 5.32 Å². The molecule has 0 saturated carbocycles. The average molecular weight is 174 g/mol. The molecule has 3 amide bonds. The molecule has 1 saturated heterocycles. The Kier molecular flexibility index (Phi) is 2.38. The number of imide groups is 1. The minimum atomic E-state index is -0.644. The van der Waals surface area contributed by atoms with E-state index in [-0.39, 0.29) is 11.9 Å². The van der Waals surface area contributed by atoms with Gasteiger partial charge < -0.3 is 5.32 Å². The largest absolute Gasteiger partial charge is 0.325 e. The van der Waals surface area contributed by atoms with Crippen molar-refractivity contribution < 1.29 is 9.59 Å². The minimum absolute atomic E-state index is 0.250. The van der Waals surface area contributed by atoms with E-state index in [1.165, 1.54) is 4.90 Å². The minimum Gasteiger partial charge on any atom is -0.317 e. The second kappa shape index (κ2) is 3.13. The van der Waals surface area contributed by atoms with Crippen LogP contribution in [0.1, 0.15) is 13.3 Å². The lowest BCUT2D eigenvalue weighted by molar-refractivity contribution is -0.125. The molecule has 0 aromatic heterocycles. The van der Waals surface area contributed by atoms with Gasteiger partial charge in [-0.1, -0.05) is 6.92 Å². The van der Waals surface area contributed by atoms with Crippen LogP contribution in [0.3, 0.4) is 0 Å². The molecule has 11 heavy (non-hydrogen) atoms. The zero-order chi connectivity index (χ0) is 8.43. The molecule has 0 spiro atoms. The zero-order valence-corrected chi connectivity index (χ0v) is 7.10. The topological polar surface area (TPSA) is 49.4 Å². The van der Waals surface area contributed by atoms with Crippen LogP contribution >= 0.6 is 12.6 Å². The summed E-state index contributed by atoms with van der Waals surface area (Å²) in [5.41, 5.74) is 0. The first-order valence-electron chi connectivity index (χ1n) is 3.46. The molecule has 1 N–H and O–H groups in total. The van der Waals surface area contributed by atoms with Crippen molar-refractivity contribution in [2.24, 2.45) is 0 Å². The summed E-state index contributed by atoms with van der Waals surface area (Å²) >= 11 is 3.88. The lowest BCUT2D eigenvalue weighted by atomic mass is 10.4. The summed E-state index contributed by atoms with van der Waals surface area (Å²) in [6.07, 6.45) is 0.777. The molecule has 1 unspecified atom stereocenters.